The number of rotatable bonds is 12. The van der Waals surface area contributed by atoms with Gasteiger partial charge in [-0.2, -0.15) is 0 Å². The van der Waals surface area contributed by atoms with Crippen molar-refractivity contribution in [1.82, 2.24) is 5.32 Å². The number of esters is 1. The highest BCUT2D eigenvalue weighted by molar-refractivity contribution is 5.81. The first-order chi connectivity index (χ1) is 10.5. The van der Waals surface area contributed by atoms with Crippen molar-refractivity contribution in [3.8, 4) is 0 Å². The van der Waals surface area contributed by atoms with Gasteiger partial charge in [0.1, 0.15) is 6.04 Å². The Morgan fingerprint density at radius 2 is 1.82 bits per heavy atom. The van der Waals surface area contributed by atoms with Crippen molar-refractivity contribution in [2.24, 2.45) is 5.92 Å². The minimum Gasteiger partial charge on any atom is -0.464 e. The number of unbranched alkanes of at least 4 members (excludes halogenated alkanes) is 4. The van der Waals surface area contributed by atoms with E-state index in [9.17, 15) is 9.59 Å². The Bertz CT molecular complexity index is 329. The van der Waals surface area contributed by atoms with Crippen LogP contribution in [0.2, 0.25) is 0 Å². The lowest BCUT2D eigenvalue weighted by molar-refractivity contribution is -0.146. The topological polar surface area (TPSA) is 64.6 Å². The number of nitrogens with one attached hydrogen (secondary N) is 1. The smallest absolute Gasteiger partial charge is 0.407 e. The fourth-order valence-electron chi connectivity index (χ4n) is 1.79. The van der Waals surface area contributed by atoms with Crippen LogP contribution in [0.4, 0.5) is 4.79 Å². The predicted molar refractivity (Wildman–Crippen MR) is 87.6 cm³/mol. The second kappa shape index (κ2) is 13.2. The van der Waals surface area contributed by atoms with E-state index in [1.165, 1.54) is 12.8 Å². The molecule has 128 valence electrons. The van der Waals surface area contributed by atoms with E-state index in [0.717, 1.165) is 19.3 Å². The largest absolute Gasteiger partial charge is 0.464 e. The van der Waals surface area contributed by atoms with E-state index in [0.29, 0.717) is 19.6 Å². The summed E-state index contributed by atoms with van der Waals surface area (Å²) in [5.74, 6) is -0.185. The summed E-state index contributed by atoms with van der Waals surface area (Å²) >= 11 is 0. The van der Waals surface area contributed by atoms with E-state index in [1.54, 1.807) is 6.08 Å². The zero-order chi connectivity index (χ0) is 16.8. The van der Waals surface area contributed by atoms with Crippen molar-refractivity contribution < 1.29 is 19.1 Å². The zero-order valence-corrected chi connectivity index (χ0v) is 14.2. The van der Waals surface area contributed by atoms with Gasteiger partial charge in [0.25, 0.3) is 0 Å². The molecule has 1 unspecified atom stereocenters. The molecule has 0 fully saturated rings. The Hall–Kier alpha value is -1.52. The first-order valence-corrected chi connectivity index (χ1v) is 8.22. The van der Waals surface area contributed by atoms with Crippen molar-refractivity contribution in [1.29, 1.82) is 0 Å². The molecule has 0 rings (SSSR count). The number of hydrogen-bond acceptors (Lipinski definition) is 4. The molecule has 0 aliphatic rings. The molecule has 1 amide bonds. The van der Waals surface area contributed by atoms with Crippen LogP contribution in [0, 0.1) is 5.92 Å². The highest BCUT2D eigenvalue weighted by Gasteiger charge is 2.21. The van der Waals surface area contributed by atoms with E-state index in [2.05, 4.69) is 18.8 Å². The number of carbonyl (C=O) groups is 2. The molecule has 0 saturated carbocycles. The van der Waals surface area contributed by atoms with Crippen LogP contribution in [-0.2, 0) is 14.3 Å². The highest BCUT2D eigenvalue weighted by Crippen LogP contribution is 2.04. The normalized spacial score (nSPS) is 11.8. The van der Waals surface area contributed by atoms with Crippen LogP contribution in [0.3, 0.4) is 0 Å². The highest BCUT2D eigenvalue weighted by atomic mass is 16.6. The third-order valence-electron chi connectivity index (χ3n) is 3.02. The molecule has 0 radical (unpaired) electrons. The Morgan fingerprint density at radius 3 is 2.41 bits per heavy atom. The standard InChI is InChI=1S/C17H31NO4/c1-5-7-8-9-10-12-21-16(19)15(11-6-2)18-17(20)22-13-14(3)4/h6,14-15H,2,5,7-13H2,1,3-4H3,(H,18,20). The lowest BCUT2D eigenvalue weighted by Crippen LogP contribution is -2.42. The van der Waals surface area contributed by atoms with E-state index in [-0.39, 0.29) is 5.92 Å². The number of alkyl carbamates (subject to hydrolysis) is 1. The average molecular weight is 313 g/mol. The lowest BCUT2D eigenvalue weighted by atomic mass is 10.2. The molecule has 0 aliphatic carbocycles. The molecule has 1 N–H and O–H groups in total. The summed E-state index contributed by atoms with van der Waals surface area (Å²) < 4.78 is 10.2. The second-order valence-electron chi connectivity index (χ2n) is 5.80. The summed E-state index contributed by atoms with van der Waals surface area (Å²) in [4.78, 5) is 23.6. The van der Waals surface area contributed by atoms with E-state index >= 15 is 0 Å². The van der Waals surface area contributed by atoms with Crippen molar-refractivity contribution in [2.75, 3.05) is 13.2 Å². The third-order valence-corrected chi connectivity index (χ3v) is 3.02. The summed E-state index contributed by atoms with van der Waals surface area (Å²) in [7, 11) is 0. The maximum Gasteiger partial charge on any atom is 0.407 e. The molecule has 0 heterocycles. The first kappa shape index (κ1) is 20.5. The summed E-state index contributed by atoms with van der Waals surface area (Å²) in [6.07, 6.45) is 6.76. The van der Waals surface area contributed by atoms with Crippen LogP contribution in [0.1, 0.15) is 59.3 Å². The number of ether oxygens (including phenoxy) is 2. The predicted octanol–water partition coefficient (Wildman–Crippen LogP) is 3.83. The quantitative estimate of drug-likeness (QED) is 0.338. The molecule has 0 aromatic rings. The summed E-state index contributed by atoms with van der Waals surface area (Å²) in [5, 5.41) is 2.53. The van der Waals surface area contributed by atoms with Crippen LogP contribution >= 0.6 is 0 Å². The number of carbonyl (C=O) groups excluding carboxylic acids is 2. The zero-order valence-electron chi connectivity index (χ0n) is 14.2. The maximum absolute atomic E-state index is 12.0. The molecule has 1 atom stereocenters. The monoisotopic (exact) mass is 313 g/mol. The minimum atomic E-state index is -0.729. The van der Waals surface area contributed by atoms with Gasteiger partial charge in [-0.3, -0.25) is 0 Å². The van der Waals surface area contributed by atoms with Crippen molar-refractivity contribution >= 4 is 12.1 Å². The summed E-state index contributed by atoms with van der Waals surface area (Å²) in [6, 6.07) is -0.729. The second-order valence-corrected chi connectivity index (χ2v) is 5.80. The van der Waals surface area contributed by atoms with Gasteiger partial charge in [-0.15, -0.1) is 6.58 Å². The van der Waals surface area contributed by atoms with Gasteiger partial charge in [0.15, 0.2) is 0 Å². The van der Waals surface area contributed by atoms with Crippen LogP contribution in [0.25, 0.3) is 0 Å². The van der Waals surface area contributed by atoms with Gasteiger partial charge in [-0.1, -0.05) is 52.5 Å². The van der Waals surface area contributed by atoms with Gasteiger partial charge in [0.05, 0.1) is 13.2 Å². The summed E-state index contributed by atoms with van der Waals surface area (Å²) in [5.41, 5.74) is 0. The van der Waals surface area contributed by atoms with Crippen LogP contribution < -0.4 is 5.32 Å². The van der Waals surface area contributed by atoms with Gasteiger partial charge in [0.2, 0.25) is 0 Å². The molecule has 5 heteroatoms. The average Bonchev–Trinajstić information content (AvgIpc) is 2.48. The molecule has 0 bridgehead atoms. The Labute approximate surface area is 134 Å². The number of amides is 1. The molecule has 22 heavy (non-hydrogen) atoms. The van der Waals surface area contributed by atoms with Crippen LogP contribution in [0.15, 0.2) is 12.7 Å². The lowest BCUT2D eigenvalue weighted by Gasteiger charge is -2.16. The van der Waals surface area contributed by atoms with Crippen LogP contribution in [0.5, 0.6) is 0 Å². The van der Waals surface area contributed by atoms with Crippen molar-refractivity contribution in [3.63, 3.8) is 0 Å². The van der Waals surface area contributed by atoms with Gasteiger partial charge < -0.3 is 14.8 Å². The van der Waals surface area contributed by atoms with E-state index < -0.39 is 18.1 Å². The number of hydrogen-bond donors (Lipinski definition) is 1. The minimum absolute atomic E-state index is 0.249. The fourth-order valence-corrected chi connectivity index (χ4v) is 1.79. The van der Waals surface area contributed by atoms with Crippen LogP contribution in [-0.4, -0.2) is 31.3 Å². The van der Waals surface area contributed by atoms with Gasteiger partial charge in [0, 0.05) is 0 Å². The molecular formula is C17H31NO4. The van der Waals surface area contributed by atoms with Gasteiger partial charge in [-0.25, -0.2) is 9.59 Å². The van der Waals surface area contributed by atoms with Gasteiger partial charge >= 0.3 is 12.1 Å². The molecule has 0 spiro atoms. The van der Waals surface area contributed by atoms with E-state index in [4.69, 9.17) is 9.47 Å². The van der Waals surface area contributed by atoms with Crippen molar-refractivity contribution in [2.45, 2.75) is 65.3 Å². The van der Waals surface area contributed by atoms with E-state index in [1.807, 2.05) is 13.8 Å². The fraction of sp³-hybridized carbons (Fsp3) is 0.765. The molecular weight excluding hydrogens is 282 g/mol. The Kier molecular flexibility index (Phi) is 12.3. The summed E-state index contributed by atoms with van der Waals surface area (Å²) in [6.45, 7) is 10.3. The molecule has 0 saturated heterocycles. The maximum atomic E-state index is 12.0. The Balaban J connectivity index is 4.05. The Morgan fingerprint density at radius 1 is 1.14 bits per heavy atom. The molecule has 5 nitrogen and oxygen atoms in total. The molecule has 0 aromatic heterocycles. The first-order valence-electron chi connectivity index (χ1n) is 8.22. The van der Waals surface area contributed by atoms with Gasteiger partial charge in [-0.05, 0) is 18.8 Å². The molecule has 0 aliphatic heterocycles. The third kappa shape index (κ3) is 11.2. The SMILES string of the molecule is C=CCC(NC(=O)OCC(C)C)C(=O)OCCCCCCC. The van der Waals surface area contributed by atoms with Crippen molar-refractivity contribution in [3.05, 3.63) is 12.7 Å². The molecule has 0 aromatic carbocycles.